The van der Waals surface area contributed by atoms with Gasteiger partial charge in [0, 0.05) is 12.1 Å². The van der Waals surface area contributed by atoms with E-state index in [-0.39, 0.29) is 6.61 Å². The lowest BCUT2D eigenvalue weighted by molar-refractivity contribution is 0.117. The maximum absolute atomic E-state index is 9.22. The van der Waals surface area contributed by atoms with Gasteiger partial charge in [0.25, 0.3) is 0 Å². The van der Waals surface area contributed by atoms with Gasteiger partial charge in [-0.2, -0.15) is 0 Å². The Bertz CT molecular complexity index is 370. The van der Waals surface area contributed by atoms with Gasteiger partial charge < -0.3 is 15.7 Å². The van der Waals surface area contributed by atoms with E-state index >= 15 is 0 Å². The first-order valence-electron chi connectivity index (χ1n) is 7.25. The Kier molecular flexibility index (Phi) is 4.97. The molecule has 1 saturated heterocycles. The predicted molar refractivity (Wildman–Crippen MR) is 79.0 cm³/mol. The molecule has 106 valence electrons. The van der Waals surface area contributed by atoms with Gasteiger partial charge in [-0.15, -0.1) is 0 Å². The second-order valence-electron chi connectivity index (χ2n) is 6.22. The number of aliphatic hydroxyl groups excluding tert-OH is 1. The first-order valence-corrected chi connectivity index (χ1v) is 7.25. The molecule has 2 rings (SSSR count). The summed E-state index contributed by atoms with van der Waals surface area (Å²) in [5, 5.41) is 9.22. The largest absolute Gasteiger partial charge is 0.394 e. The molecular weight excluding hydrogens is 236 g/mol. The Morgan fingerprint density at radius 2 is 1.89 bits per heavy atom. The third-order valence-corrected chi connectivity index (χ3v) is 4.02. The minimum Gasteiger partial charge on any atom is -0.394 e. The van der Waals surface area contributed by atoms with Crippen LogP contribution in [0.3, 0.4) is 0 Å². The van der Waals surface area contributed by atoms with Crippen molar-refractivity contribution in [1.82, 2.24) is 4.90 Å². The second kappa shape index (κ2) is 6.51. The molecule has 1 aromatic rings. The Hall–Kier alpha value is -0.900. The SMILES string of the molecule is CC(N)(CO)CN1CCC(Cc2ccccc2)CC1. The lowest BCUT2D eigenvalue weighted by atomic mass is 9.89. The van der Waals surface area contributed by atoms with Gasteiger partial charge in [0.05, 0.1) is 6.61 Å². The second-order valence-corrected chi connectivity index (χ2v) is 6.22. The van der Waals surface area contributed by atoms with Crippen molar-refractivity contribution in [3.8, 4) is 0 Å². The van der Waals surface area contributed by atoms with Crippen LogP contribution in [0.1, 0.15) is 25.3 Å². The molecule has 0 amide bonds. The van der Waals surface area contributed by atoms with Crippen molar-refractivity contribution < 1.29 is 5.11 Å². The number of benzene rings is 1. The zero-order valence-electron chi connectivity index (χ0n) is 11.9. The van der Waals surface area contributed by atoms with Gasteiger partial charge in [-0.25, -0.2) is 0 Å². The summed E-state index contributed by atoms with van der Waals surface area (Å²) in [5.41, 5.74) is 6.99. The van der Waals surface area contributed by atoms with Crippen LogP contribution in [0.5, 0.6) is 0 Å². The monoisotopic (exact) mass is 262 g/mol. The minimum atomic E-state index is -0.466. The smallest absolute Gasteiger partial charge is 0.0621 e. The van der Waals surface area contributed by atoms with Crippen LogP contribution in [0.2, 0.25) is 0 Å². The topological polar surface area (TPSA) is 49.5 Å². The molecule has 3 nitrogen and oxygen atoms in total. The van der Waals surface area contributed by atoms with Crippen molar-refractivity contribution in [2.75, 3.05) is 26.2 Å². The Morgan fingerprint density at radius 3 is 2.47 bits per heavy atom. The van der Waals surface area contributed by atoms with Crippen LogP contribution < -0.4 is 5.73 Å². The summed E-state index contributed by atoms with van der Waals surface area (Å²) in [6.07, 6.45) is 3.65. The summed E-state index contributed by atoms with van der Waals surface area (Å²) in [4.78, 5) is 2.39. The molecule has 19 heavy (non-hydrogen) atoms. The first-order chi connectivity index (χ1) is 9.09. The van der Waals surface area contributed by atoms with Crippen LogP contribution in [0.4, 0.5) is 0 Å². The van der Waals surface area contributed by atoms with Crippen LogP contribution >= 0.6 is 0 Å². The number of aliphatic hydroxyl groups is 1. The van der Waals surface area contributed by atoms with E-state index in [0.29, 0.717) is 0 Å². The van der Waals surface area contributed by atoms with E-state index in [1.165, 1.54) is 24.8 Å². The lowest BCUT2D eigenvalue weighted by Crippen LogP contribution is -2.52. The molecule has 0 bridgehead atoms. The van der Waals surface area contributed by atoms with Crippen LogP contribution in [-0.2, 0) is 6.42 Å². The van der Waals surface area contributed by atoms with Crippen LogP contribution in [0.15, 0.2) is 30.3 Å². The molecule has 0 aliphatic carbocycles. The number of rotatable bonds is 5. The molecule has 1 aliphatic rings. The van der Waals surface area contributed by atoms with Gasteiger partial charge in [-0.3, -0.25) is 0 Å². The molecule has 3 N–H and O–H groups in total. The maximum atomic E-state index is 9.22. The van der Waals surface area contributed by atoms with E-state index in [0.717, 1.165) is 25.6 Å². The van der Waals surface area contributed by atoms with Crippen LogP contribution in [-0.4, -0.2) is 41.8 Å². The Balaban J connectivity index is 1.77. The highest BCUT2D eigenvalue weighted by atomic mass is 16.3. The number of nitrogens with two attached hydrogens (primary N) is 1. The molecule has 0 saturated carbocycles. The number of nitrogens with zero attached hydrogens (tertiary/aromatic N) is 1. The van der Waals surface area contributed by atoms with Gasteiger partial charge >= 0.3 is 0 Å². The summed E-state index contributed by atoms with van der Waals surface area (Å²) >= 11 is 0. The van der Waals surface area contributed by atoms with Crippen molar-refractivity contribution in [3.63, 3.8) is 0 Å². The third kappa shape index (κ3) is 4.60. The van der Waals surface area contributed by atoms with Gasteiger partial charge in [0.15, 0.2) is 0 Å². The first kappa shape index (κ1) is 14.5. The van der Waals surface area contributed by atoms with Gasteiger partial charge in [0.1, 0.15) is 0 Å². The molecule has 0 radical (unpaired) electrons. The molecule has 3 heteroatoms. The molecule has 1 atom stereocenters. The molecule has 1 fully saturated rings. The van der Waals surface area contributed by atoms with Crippen LogP contribution in [0.25, 0.3) is 0 Å². The summed E-state index contributed by atoms with van der Waals surface area (Å²) < 4.78 is 0. The van der Waals surface area contributed by atoms with E-state index in [4.69, 9.17) is 5.73 Å². The van der Waals surface area contributed by atoms with E-state index in [1.807, 2.05) is 6.92 Å². The standard InChI is InChI=1S/C16H26N2O/c1-16(17,13-19)12-18-9-7-15(8-10-18)11-14-5-3-2-4-6-14/h2-6,15,19H,7-13,17H2,1H3. The quantitative estimate of drug-likeness (QED) is 0.848. The fourth-order valence-corrected chi connectivity index (χ4v) is 2.86. The molecule has 1 unspecified atom stereocenters. The molecule has 1 aliphatic heterocycles. The molecule has 0 spiro atoms. The normalized spacial score (nSPS) is 21.2. The minimum absolute atomic E-state index is 0.0525. The van der Waals surface area contributed by atoms with Gasteiger partial charge in [-0.1, -0.05) is 30.3 Å². The molecule has 1 aromatic carbocycles. The van der Waals surface area contributed by atoms with E-state index < -0.39 is 5.54 Å². The number of piperidine rings is 1. The third-order valence-electron chi connectivity index (χ3n) is 4.02. The van der Waals surface area contributed by atoms with Crippen molar-refractivity contribution in [3.05, 3.63) is 35.9 Å². The molecule has 0 aromatic heterocycles. The average Bonchev–Trinajstić information content (AvgIpc) is 2.42. The zero-order valence-corrected chi connectivity index (χ0v) is 11.9. The highest BCUT2D eigenvalue weighted by Gasteiger charge is 2.25. The maximum Gasteiger partial charge on any atom is 0.0621 e. The van der Waals surface area contributed by atoms with Crippen LogP contribution in [0, 0.1) is 5.92 Å². The average molecular weight is 262 g/mol. The fraction of sp³-hybridized carbons (Fsp3) is 0.625. The van der Waals surface area contributed by atoms with E-state index in [1.54, 1.807) is 0 Å². The van der Waals surface area contributed by atoms with Crippen molar-refractivity contribution in [2.45, 2.75) is 31.7 Å². The summed E-state index contributed by atoms with van der Waals surface area (Å²) in [6, 6.07) is 10.7. The fourth-order valence-electron chi connectivity index (χ4n) is 2.86. The summed E-state index contributed by atoms with van der Waals surface area (Å²) in [6.45, 7) is 4.97. The van der Waals surface area contributed by atoms with Crippen molar-refractivity contribution in [1.29, 1.82) is 0 Å². The zero-order chi connectivity index (χ0) is 13.7. The van der Waals surface area contributed by atoms with Crippen molar-refractivity contribution >= 4 is 0 Å². The summed E-state index contributed by atoms with van der Waals surface area (Å²) in [5.74, 6) is 0.789. The van der Waals surface area contributed by atoms with E-state index in [9.17, 15) is 5.11 Å². The molecule has 1 heterocycles. The highest BCUT2D eigenvalue weighted by molar-refractivity contribution is 5.15. The number of hydrogen-bond donors (Lipinski definition) is 2. The summed E-state index contributed by atoms with van der Waals surface area (Å²) in [7, 11) is 0. The predicted octanol–water partition coefficient (Wildman–Crippen LogP) is 1.65. The number of likely N-dealkylation sites (tertiary alicyclic amines) is 1. The van der Waals surface area contributed by atoms with Gasteiger partial charge in [0.2, 0.25) is 0 Å². The van der Waals surface area contributed by atoms with Gasteiger partial charge in [-0.05, 0) is 50.8 Å². The Labute approximate surface area is 116 Å². The number of hydrogen-bond acceptors (Lipinski definition) is 3. The lowest BCUT2D eigenvalue weighted by Gasteiger charge is -2.36. The van der Waals surface area contributed by atoms with E-state index in [2.05, 4.69) is 35.2 Å². The highest BCUT2D eigenvalue weighted by Crippen LogP contribution is 2.22. The Morgan fingerprint density at radius 1 is 1.26 bits per heavy atom. The van der Waals surface area contributed by atoms with Crippen molar-refractivity contribution in [2.24, 2.45) is 11.7 Å². The molecular formula is C16H26N2O.